The number of piperazine rings is 1. The number of amides is 2. The quantitative estimate of drug-likeness (QED) is 0.394. The maximum absolute atomic E-state index is 14.3. The van der Waals surface area contributed by atoms with E-state index in [0.29, 0.717) is 31.7 Å². The van der Waals surface area contributed by atoms with Crippen molar-refractivity contribution in [3.8, 4) is 11.3 Å². The second-order valence-corrected chi connectivity index (χ2v) is 13.8. The first kappa shape index (κ1) is 30.7. The molecule has 0 spiro atoms. The third-order valence-electron chi connectivity index (χ3n) is 8.36. The Balaban J connectivity index is 1.44. The molecule has 1 aliphatic heterocycles. The normalized spacial score (nSPS) is 20.9. The summed E-state index contributed by atoms with van der Waals surface area (Å²) in [4.78, 5) is 35.2. The van der Waals surface area contributed by atoms with Gasteiger partial charge in [0.1, 0.15) is 15.9 Å². The number of rotatable bonds is 9. The predicted molar refractivity (Wildman–Crippen MR) is 166 cm³/mol. The van der Waals surface area contributed by atoms with Crippen molar-refractivity contribution in [2.24, 2.45) is 0 Å². The summed E-state index contributed by atoms with van der Waals surface area (Å²) in [7, 11) is -1.66. The maximum Gasteiger partial charge on any atom is 0.409 e. The minimum Gasteiger partial charge on any atom is -0.444 e. The zero-order chi connectivity index (χ0) is 30.4. The molecule has 0 radical (unpaired) electrons. The topological polar surface area (TPSA) is 114 Å². The highest BCUT2D eigenvalue weighted by atomic mass is 32.2. The highest BCUT2D eigenvalue weighted by molar-refractivity contribution is 7.90. The number of nitrogens with one attached hydrogen (secondary N) is 1. The molecular weight excluding hydrogens is 566 g/mol. The predicted octanol–water partition coefficient (Wildman–Crippen LogP) is 3.80. The first-order chi connectivity index (χ1) is 20.7. The number of hydrogen-bond donors (Lipinski definition) is 1. The third-order valence-corrected chi connectivity index (χ3v) is 9.28. The molecule has 1 saturated heterocycles. The second-order valence-electron chi connectivity index (χ2n) is 11.6. The van der Waals surface area contributed by atoms with E-state index in [1.54, 1.807) is 13.4 Å². The Kier molecular flexibility index (Phi) is 9.82. The van der Waals surface area contributed by atoms with Gasteiger partial charge in [-0.3, -0.25) is 4.79 Å². The van der Waals surface area contributed by atoms with Gasteiger partial charge < -0.3 is 24.4 Å². The van der Waals surface area contributed by atoms with Crippen LogP contribution in [0.15, 0.2) is 67.0 Å². The fourth-order valence-electron chi connectivity index (χ4n) is 6.03. The lowest BCUT2D eigenvalue weighted by molar-refractivity contribution is 0.0242. The van der Waals surface area contributed by atoms with E-state index in [1.165, 1.54) is 10.5 Å². The van der Waals surface area contributed by atoms with Crippen LogP contribution in [0.1, 0.15) is 47.8 Å². The monoisotopic (exact) mass is 607 g/mol. The standard InChI is InChI=1S/C32H41N5O5S/c1-35(19-20-43(2,40)41)32(39)42-28-16-10-9-15-27(28)37-23-34-29(30(37)25-13-7-4-8-14-25)31(38)36-18-17-33-22-26(36)21-24-11-5-3-6-12-24/h3-8,11-14,23,26-28,33H,9-10,15-22H2,1-2H3/t26-,27?,28?/m1/s1. The molecule has 2 aliphatic rings. The van der Waals surface area contributed by atoms with Gasteiger partial charge in [-0.25, -0.2) is 18.2 Å². The Morgan fingerprint density at radius 2 is 1.74 bits per heavy atom. The number of aromatic nitrogens is 2. The molecule has 1 N–H and O–H groups in total. The van der Waals surface area contributed by atoms with Gasteiger partial charge in [-0.1, -0.05) is 67.1 Å². The molecule has 10 nitrogen and oxygen atoms in total. The summed E-state index contributed by atoms with van der Waals surface area (Å²) in [5.41, 5.74) is 3.17. The lowest BCUT2D eigenvalue weighted by Crippen LogP contribution is -2.54. The number of sulfone groups is 1. The number of imidazole rings is 1. The molecule has 2 unspecified atom stereocenters. The second kappa shape index (κ2) is 13.7. The van der Waals surface area contributed by atoms with Gasteiger partial charge in [0.2, 0.25) is 0 Å². The number of nitrogens with zero attached hydrogens (tertiary/aromatic N) is 4. The van der Waals surface area contributed by atoms with Gasteiger partial charge in [0.05, 0.1) is 23.8 Å². The first-order valence-electron chi connectivity index (χ1n) is 15.0. The Bertz CT molecular complexity index is 1490. The van der Waals surface area contributed by atoms with Gasteiger partial charge in [0, 0.05) is 51.1 Å². The van der Waals surface area contributed by atoms with Crippen molar-refractivity contribution in [2.45, 2.75) is 50.3 Å². The molecule has 3 atom stereocenters. The van der Waals surface area contributed by atoms with E-state index >= 15 is 0 Å². The van der Waals surface area contributed by atoms with Crippen LogP contribution < -0.4 is 5.32 Å². The summed E-state index contributed by atoms with van der Waals surface area (Å²) in [5.74, 6) is -0.236. The molecule has 1 saturated carbocycles. The summed E-state index contributed by atoms with van der Waals surface area (Å²) >= 11 is 0. The molecule has 0 bridgehead atoms. The van der Waals surface area contributed by atoms with E-state index in [-0.39, 0.29) is 30.3 Å². The van der Waals surface area contributed by atoms with Crippen LogP contribution in [0.4, 0.5) is 4.79 Å². The highest BCUT2D eigenvalue weighted by Crippen LogP contribution is 2.36. The number of hydrogen-bond acceptors (Lipinski definition) is 7. The zero-order valence-electron chi connectivity index (χ0n) is 24.9. The van der Waals surface area contributed by atoms with E-state index in [1.807, 2.05) is 58.0 Å². The summed E-state index contributed by atoms with van der Waals surface area (Å²) in [6, 6.07) is 19.8. The van der Waals surface area contributed by atoms with Crippen molar-refractivity contribution in [3.05, 3.63) is 78.2 Å². The molecule has 5 rings (SSSR count). The van der Waals surface area contributed by atoms with Crippen LogP contribution in [-0.2, 0) is 21.0 Å². The summed E-state index contributed by atoms with van der Waals surface area (Å²) in [6.07, 6.45) is 5.91. The van der Waals surface area contributed by atoms with Gasteiger partial charge in [0.25, 0.3) is 5.91 Å². The van der Waals surface area contributed by atoms with E-state index in [4.69, 9.17) is 9.72 Å². The minimum absolute atomic E-state index is 0.0109. The van der Waals surface area contributed by atoms with Crippen molar-refractivity contribution in [3.63, 3.8) is 0 Å². The number of ether oxygens (including phenoxy) is 1. The van der Waals surface area contributed by atoms with E-state index in [2.05, 4.69) is 17.4 Å². The zero-order valence-corrected chi connectivity index (χ0v) is 25.7. The molecule has 11 heteroatoms. The van der Waals surface area contributed by atoms with Crippen LogP contribution in [0.5, 0.6) is 0 Å². The fourth-order valence-corrected chi connectivity index (χ4v) is 6.64. The Labute approximate surface area is 254 Å². The van der Waals surface area contributed by atoms with Crippen LogP contribution in [-0.4, -0.2) is 97.2 Å². The smallest absolute Gasteiger partial charge is 0.409 e. The summed E-state index contributed by atoms with van der Waals surface area (Å²) < 4.78 is 31.2. The van der Waals surface area contributed by atoms with Crippen molar-refractivity contribution in [1.82, 2.24) is 24.7 Å². The van der Waals surface area contributed by atoms with Crippen molar-refractivity contribution in [2.75, 3.05) is 45.2 Å². The fraction of sp³-hybridized carbons (Fsp3) is 0.469. The maximum atomic E-state index is 14.3. The molecule has 2 fully saturated rings. The number of benzene rings is 2. The molecule has 2 aromatic carbocycles. The van der Waals surface area contributed by atoms with Crippen molar-refractivity contribution >= 4 is 21.8 Å². The van der Waals surface area contributed by atoms with Crippen molar-refractivity contribution in [1.29, 1.82) is 0 Å². The van der Waals surface area contributed by atoms with Gasteiger partial charge in [-0.15, -0.1) is 0 Å². The molecule has 1 aliphatic carbocycles. The molecule has 1 aromatic heterocycles. The van der Waals surface area contributed by atoms with Crippen molar-refractivity contribution < 1.29 is 22.7 Å². The van der Waals surface area contributed by atoms with Gasteiger partial charge >= 0.3 is 6.09 Å². The van der Waals surface area contributed by atoms with Crippen LogP contribution in [0.2, 0.25) is 0 Å². The van der Waals surface area contributed by atoms with Gasteiger partial charge in [-0.05, 0) is 31.2 Å². The van der Waals surface area contributed by atoms with Crippen LogP contribution >= 0.6 is 0 Å². The van der Waals surface area contributed by atoms with E-state index in [0.717, 1.165) is 43.2 Å². The third kappa shape index (κ3) is 7.64. The number of carbonyl (C=O) groups excluding carboxylic acids is 2. The van der Waals surface area contributed by atoms with E-state index < -0.39 is 22.0 Å². The van der Waals surface area contributed by atoms with Gasteiger partial charge in [-0.2, -0.15) is 0 Å². The molecule has 43 heavy (non-hydrogen) atoms. The van der Waals surface area contributed by atoms with Crippen LogP contribution in [0.25, 0.3) is 11.3 Å². The lowest BCUT2D eigenvalue weighted by Gasteiger charge is -2.36. The molecule has 3 aromatic rings. The van der Waals surface area contributed by atoms with Gasteiger partial charge in [0.15, 0.2) is 5.69 Å². The highest BCUT2D eigenvalue weighted by Gasteiger charge is 2.36. The number of carbonyl (C=O) groups is 2. The van der Waals surface area contributed by atoms with E-state index in [9.17, 15) is 18.0 Å². The SMILES string of the molecule is CN(CCS(C)(=O)=O)C(=O)OC1CCCCC1n1cnc(C(=O)N2CCNC[C@H]2Cc2ccccc2)c1-c1ccccc1. The first-order valence-corrected chi connectivity index (χ1v) is 17.0. The minimum atomic E-state index is -3.21. The largest absolute Gasteiger partial charge is 0.444 e. The average Bonchev–Trinajstić information content (AvgIpc) is 3.46. The Morgan fingerprint density at radius 3 is 2.47 bits per heavy atom. The molecule has 2 heterocycles. The van der Waals surface area contributed by atoms with Crippen LogP contribution in [0.3, 0.4) is 0 Å². The Morgan fingerprint density at radius 1 is 1.05 bits per heavy atom. The average molecular weight is 608 g/mol. The van der Waals surface area contributed by atoms with Crippen LogP contribution in [0, 0.1) is 0 Å². The summed E-state index contributed by atoms with van der Waals surface area (Å²) in [5, 5.41) is 3.44. The Hall–Kier alpha value is -3.70. The lowest BCUT2D eigenvalue weighted by atomic mass is 9.91. The molecule has 230 valence electrons. The summed E-state index contributed by atoms with van der Waals surface area (Å²) in [6.45, 7) is 2.06. The molecule has 2 amide bonds. The molecular formula is C32H41N5O5S.